The first-order chi connectivity index (χ1) is 39.0. The van der Waals surface area contributed by atoms with Crippen LogP contribution in [0, 0.1) is 26.7 Å². The van der Waals surface area contributed by atoms with Gasteiger partial charge in [0.05, 0.1) is 108 Å². The van der Waals surface area contributed by atoms with Crippen LogP contribution in [0.4, 0.5) is 0 Å². The molecule has 3 aliphatic heterocycles. The average molecular weight is 1260 g/mol. The molecule has 6 rings (SSSR count). The van der Waals surface area contributed by atoms with Gasteiger partial charge < -0.3 is 75.1 Å². The quantitative estimate of drug-likeness (QED) is 0.0442. The van der Waals surface area contributed by atoms with Crippen LogP contribution in [0.5, 0.6) is 0 Å². The van der Waals surface area contributed by atoms with Crippen LogP contribution in [0.15, 0.2) is 47.4 Å². The highest BCUT2D eigenvalue weighted by Gasteiger charge is 2.42. The lowest BCUT2D eigenvalue weighted by atomic mass is 10.1. The standard InChI is InChI=1S/C47H76N6O26P4/c1-29(2)10-6-15-69-80(61,62)73-19-13-38-41(22-35(76-38)28-53-25-32(5)44(57)50-47(53)60)79-82(65,66)71-17-8-11-36-39(20-33(74-36)26-51-23-30(3)42(55)48-45(51)58)77-81(63,64)70-16-7-12-37-40(78-83(67,68)72-18-9-14-54)21-34(75-37)27-52-24-31(4)43(56)49-46(52)59/h23-25,29,33-41,54H,6-22,26-28H2,1-5H3,(H,61,62)(H,63,64)(H,65,66)(H,67,68)(H,48,55,58)(H,49,56,59)(H,50,57,60)/p-4/t33-,34-,35-,36-,37-,38-,39?,40?,41?/m1/s1. The highest BCUT2D eigenvalue weighted by Crippen LogP contribution is 2.48. The Labute approximate surface area is 475 Å². The summed E-state index contributed by atoms with van der Waals surface area (Å²) in [5, 5.41) is 9.07. The molecule has 470 valence electrons. The largest absolute Gasteiger partial charge is 0.756 e. The van der Waals surface area contributed by atoms with E-state index in [0.717, 1.165) is 9.13 Å². The number of aryl methyl sites for hydroxylation is 3. The van der Waals surface area contributed by atoms with E-state index in [9.17, 15) is 66.6 Å². The molecule has 32 nitrogen and oxygen atoms in total. The Balaban J connectivity index is 1.07. The van der Waals surface area contributed by atoms with E-state index in [0.29, 0.717) is 18.8 Å². The topological polar surface area (TPSA) is 447 Å². The maximum Gasteiger partial charge on any atom is 0.328 e. The third-order valence-corrected chi connectivity index (χ3v) is 17.6. The number of aliphatic hydroxyl groups is 1. The number of aromatic amines is 3. The highest BCUT2D eigenvalue weighted by atomic mass is 31.2. The van der Waals surface area contributed by atoms with Gasteiger partial charge in [0.2, 0.25) is 0 Å². The molecule has 0 aliphatic carbocycles. The first-order valence-corrected chi connectivity index (χ1v) is 32.8. The minimum Gasteiger partial charge on any atom is -0.756 e. The lowest BCUT2D eigenvalue weighted by Gasteiger charge is -2.30. The first kappa shape index (κ1) is 68.4. The third-order valence-electron chi connectivity index (χ3n) is 13.5. The Morgan fingerprint density at radius 1 is 0.506 bits per heavy atom. The Morgan fingerprint density at radius 2 is 0.819 bits per heavy atom. The second-order valence-corrected chi connectivity index (χ2v) is 26.3. The van der Waals surface area contributed by atoms with E-state index in [1.165, 1.54) is 43.9 Å². The van der Waals surface area contributed by atoms with Gasteiger partial charge in [0, 0.05) is 67.6 Å². The summed E-state index contributed by atoms with van der Waals surface area (Å²) < 4.78 is 115. The molecular weight excluding hydrogens is 1190 g/mol. The van der Waals surface area contributed by atoms with E-state index >= 15 is 0 Å². The van der Waals surface area contributed by atoms with Crippen molar-refractivity contribution in [1.29, 1.82) is 0 Å². The number of aliphatic hydroxyl groups excluding tert-OH is 1. The molecule has 3 saturated heterocycles. The van der Waals surface area contributed by atoms with E-state index < -0.39 is 140 Å². The van der Waals surface area contributed by atoms with Gasteiger partial charge in [0.15, 0.2) is 0 Å². The lowest BCUT2D eigenvalue weighted by Crippen LogP contribution is -2.34. The Hall–Kier alpha value is -3.68. The van der Waals surface area contributed by atoms with E-state index in [2.05, 4.69) is 15.0 Å². The number of aromatic nitrogens is 6. The predicted octanol–water partition coefficient (Wildman–Crippen LogP) is -0.0839. The van der Waals surface area contributed by atoms with E-state index in [-0.39, 0.29) is 114 Å². The smallest absolute Gasteiger partial charge is 0.328 e. The van der Waals surface area contributed by atoms with Crippen molar-refractivity contribution in [3.8, 4) is 0 Å². The fraction of sp³-hybridized carbons (Fsp3) is 0.745. The van der Waals surface area contributed by atoms with Crippen LogP contribution >= 0.6 is 31.3 Å². The summed E-state index contributed by atoms with van der Waals surface area (Å²) in [6.07, 6.45) is -5.41. The van der Waals surface area contributed by atoms with Crippen LogP contribution in [0.3, 0.4) is 0 Å². The number of H-pyrrole nitrogens is 3. The number of hydrogen-bond acceptors (Lipinski definition) is 26. The average Bonchev–Trinajstić information content (AvgIpc) is 4.18. The van der Waals surface area contributed by atoms with E-state index in [1.807, 2.05) is 13.8 Å². The maximum atomic E-state index is 13.5. The molecular formula is C47H72N6O26P4-4. The summed E-state index contributed by atoms with van der Waals surface area (Å²) in [6, 6.07) is 0. The number of rotatable bonds is 35. The molecule has 3 fully saturated rings. The van der Waals surface area contributed by atoms with Crippen molar-refractivity contribution in [3.63, 3.8) is 0 Å². The molecule has 0 saturated carbocycles. The lowest BCUT2D eigenvalue weighted by molar-refractivity contribution is -0.233. The Morgan fingerprint density at radius 3 is 1.17 bits per heavy atom. The molecule has 13 atom stereocenters. The highest BCUT2D eigenvalue weighted by molar-refractivity contribution is 7.46. The SMILES string of the molecule is Cc1cn(C[C@H]2CC(OP(=O)([O-])OCCCO)[C@@H](CCCOP(=O)([O-])OC3C[C@H](Cn4cc(C)c(=O)[nH]c4=O)O[C@@H]3CCCOP(=O)([O-])OC3C[C@H](Cn4cc(C)c(=O)[nH]c4=O)O[C@@H]3CCOP(=O)([O-])OCCCC(C)C)O2)c(=O)[nH]c1=O. The molecule has 36 heteroatoms. The van der Waals surface area contributed by atoms with Gasteiger partial charge in [0.25, 0.3) is 48.0 Å². The summed E-state index contributed by atoms with van der Waals surface area (Å²) in [7, 11) is -20.2. The molecule has 0 radical (unpaired) electrons. The van der Waals surface area contributed by atoms with Crippen molar-refractivity contribution in [3.05, 3.63) is 97.8 Å². The van der Waals surface area contributed by atoms with Crippen molar-refractivity contribution >= 4 is 31.3 Å². The van der Waals surface area contributed by atoms with Crippen LogP contribution < -0.4 is 53.3 Å². The van der Waals surface area contributed by atoms with E-state index in [4.69, 9.17) is 55.5 Å². The summed E-state index contributed by atoms with van der Waals surface area (Å²) in [5.74, 6) is 0.312. The molecule has 4 N–H and O–H groups in total. The molecule has 0 aromatic carbocycles. The number of nitrogens with one attached hydrogen (secondary N) is 3. The zero-order chi connectivity index (χ0) is 60.9. The van der Waals surface area contributed by atoms with Gasteiger partial charge in [0.1, 0.15) is 0 Å². The Bertz CT molecular complexity index is 3200. The molecule has 6 heterocycles. The van der Waals surface area contributed by atoms with Crippen molar-refractivity contribution in [2.24, 2.45) is 5.92 Å². The van der Waals surface area contributed by atoms with Gasteiger partial charge in [-0.2, -0.15) is 0 Å². The van der Waals surface area contributed by atoms with E-state index in [1.54, 1.807) is 0 Å². The van der Waals surface area contributed by atoms with Crippen molar-refractivity contribution in [1.82, 2.24) is 28.7 Å². The number of ether oxygens (including phenoxy) is 3. The van der Waals surface area contributed by atoms with Crippen LogP contribution in [0.1, 0.15) is 101 Å². The van der Waals surface area contributed by atoms with Crippen LogP contribution in [0.25, 0.3) is 0 Å². The van der Waals surface area contributed by atoms with Gasteiger partial charge >= 0.3 is 17.1 Å². The Kier molecular flexibility index (Phi) is 25.4. The van der Waals surface area contributed by atoms with Crippen molar-refractivity contribution in [2.45, 2.75) is 180 Å². The van der Waals surface area contributed by atoms with Gasteiger partial charge in [-0.1, -0.05) is 13.8 Å². The summed E-state index contributed by atoms with van der Waals surface area (Å²) >= 11 is 0. The number of nitrogens with zero attached hydrogens (tertiary/aromatic N) is 3. The fourth-order valence-corrected chi connectivity index (χ4v) is 13.2. The van der Waals surface area contributed by atoms with Gasteiger partial charge in [-0.15, -0.1) is 0 Å². The minimum atomic E-state index is -5.22. The normalized spacial score (nSPS) is 25.8. The molecule has 0 bridgehead atoms. The van der Waals surface area contributed by atoms with Crippen LogP contribution in [0.2, 0.25) is 0 Å². The number of phosphoric ester groups is 4. The number of hydrogen-bond donors (Lipinski definition) is 4. The van der Waals surface area contributed by atoms with Gasteiger partial charge in [-0.3, -0.25) is 61.3 Å². The first-order valence-electron chi connectivity index (χ1n) is 27.0. The molecule has 3 aromatic heterocycles. The third kappa shape index (κ3) is 21.9. The summed E-state index contributed by atoms with van der Waals surface area (Å²) in [6.45, 7) is 5.51. The molecule has 83 heavy (non-hydrogen) atoms. The number of phosphoric acid groups is 4. The zero-order valence-corrected chi connectivity index (χ0v) is 50.0. The van der Waals surface area contributed by atoms with Crippen molar-refractivity contribution < 1.29 is 93.3 Å². The second kappa shape index (κ2) is 30.8. The molecule has 3 aromatic rings. The molecule has 0 spiro atoms. The second-order valence-electron chi connectivity index (χ2n) is 20.8. The molecule has 7 unspecified atom stereocenters. The summed E-state index contributed by atoms with van der Waals surface area (Å²) in [5.41, 5.74) is -3.47. The van der Waals surface area contributed by atoms with Crippen LogP contribution in [-0.4, -0.2) is 128 Å². The van der Waals surface area contributed by atoms with Crippen molar-refractivity contribution in [2.75, 3.05) is 39.6 Å². The van der Waals surface area contributed by atoms with Gasteiger partial charge in [-0.05, 0) is 71.6 Å². The maximum absolute atomic E-state index is 13.5. The molecule has 0 amide bonds. The van der Waals surface area contributed by atoms with Crippen LogP contribution in [-0.2, 0) is 88.3 Å². The molecule has 3 aliphatic rings. The zero-order valence-electron chi connectivity index (χ0n) is 46.4. The fourth-order valence-electron chi connectivity index (χ4n) is 9.51. The minimum absolute atomic E-state index is 0.00759. The summed E-state index contributed by atoms with van der Waals surface area (Å²) in [4.78, 5) is 132. The monoisotopic (exact) mass is 1260 g/mol. The predicted molar refractivity (Wildman–Crippen MR) is 282 cm³/mol. The van der Waals surface area contributed by atoms with Gasteiger partial charge in [-0.25, -0.2) is 14.4 Å².